The minimum absolute atomic E-state index is 0.0309. The number of rotatable bonds is 8. The van der Waals surface area contributed by atoms with Crippen molar-refractivity contribution in [2.75, 3.05) is 27.9 Å². The highest BCUT2D eigenvalue weighted by Gasteiger charge is 2.60. The van der Waals surface area contributed by atoms with Gasteiger partial charge in [0.15, 0.2) is 18.4 Å². The van der Waals surface area contributed by atoms with Crippen LogP contribution in [0.5, 0.6) is 0 Å². The van der Waals surface area contributed by atoms with Crippen LogP contribution in [0.4, 0.5) is 0 Å². The molecule has 2 bridgehead atoms. The first kappa shape index (κ1) is 50.3. The molecule has 1 spiro atoms. The van der Waals surface area contributed by atoms with Crippen LogP contribution in [0.2, 0.25) is 0 Å². The molecule has 2 aliphatic carbocycles. The van der Waals surface area contributed by atoms with Gasteiger partial charge in [0.2, 0.25) is 0 Å². The Morgan fingerprint density at radius 2 is 1.48 bits per heavy atom. The van der Waals surface area contributed by atoms with Gasteiger partial charge in [-0.2, -0.15) is 0 Å². The second kappa shape index (κ2) is 21.1. The summed E-state index contributed by atoms with van der Waals surface area (Å²) in [7, 11) is 4.99. The molecule has 0 unspecified atom stereocenters. The molecule has 20 atom stereocenters. The lowest BCUT2D eigenvalue weighted by Gasteiger charge is -2.53. The van der Waals surface area contributed by atoms with Crippen molar-refractivity contribution >= 4 is 5.97 Å². The number of esters is 1. The Bertz CT molecular complexity index is 1790. The van der Waals surface area contributed by atoms with E-state index in [9.17, 15) is 20.1 Å². The van der Waals surface area contributed by atoms with E-state index >= 15 is 0 Å². The van der Waals surface area contributed by atoms with Crippen LogP contribution in [0.15, 0.2) is 47.1 Å². The van der Waals surface area contributed by atoms with Gasteiger partial charge in [0.1, 0.15) is 42.0 Å². The zero-order valence-electron chi connectivity index (χ0n) is 40.6. The Hall–Kier alpha value is -2.09. The summed E-state index contributed by atoms with van der Waals surface area (Å²) in [4.78, 5) is 14.6. The minimum Gasteiger partial charge on any atom is -0.462 e. The second-order valence-electron chi connectivity index (χ2n) is 20.7. The lowest BCUT2D eigenvalue weighted by atomic mass is 9.71. The minimum atomic E-state index is -1.84. The quantitative estimate of drug-likeness (QED) is 0.198. The number of methoxy groups -OCH3 is 3. The van der Waals surface area contributed by atoms with E-state index in [4.69, 9.17) is 52.1 Å². The maximum absolute atomic E-state index is 14.6. The summed E-state index contributed by atoms with van der Waals surface area (Å²) in [6, 6.07) is 0. The number of aliphatic hydroxyl groups excluding tert-OH is 2. The van der Waals surface area contributed by atoms with Gasteiger partial charge in [-0.05, 0) is 69.6 Å². The van der Waals surface area contributed by atoms with Crippen molar-refractivity contribution in [3.05, 3.63) is 47.1 Å². The Balaban J connectivity index is 1.09. The number of fused-ring (bicyclic) bond motifs is 2. The van der Waals surface area contributed by atoms with E-state index in [1.54, 1.807) is 47.3 Å². The Morgan fingerprint density at radius 1 is 0.788 bits per heavy atom. The lowest BCUT2D eigenvalue weighted by Crippen LogP contribution is -2.60. The average molecular weight is 931 g/mol. The van der Waals surface area contributed by atoms with Crippen molar-refractivity contribution in [2.45, 2.75) is 215 Å². The summed E-state index contributed by atoms with van der Waals surface area (Å²) >= 11 is 0. The summed E-state index contributed by atoms with van der Waals surface area (Å²) in [6.07, 6.45) is 9.65. The summed E-state index contributed by atoms with van der Waals surface area (Å²) < 4.78 is 70.8. The van der Waals surface area contributed by atoms with Crippen molar-refractivity contribution in [3.8, 4) is 0 Å². The molecule has 3 N–H and O–H groups in total. The smallest absolute Gasteiger partial charge is 0.316 e. The topological polar surface area (TPSA) is 179 Å². The predicted molar refractivity (Wildman–Crippen MR) is 241 cm³/mol. The molecule has 0 amide bonds. The fraction of sp³-hybridized carbons (Fsp3) is 0.824. The number of hydrogen-bond donors (Lipinski definition) is 3. The number of carbonyl (C=O) groups excluding carboxylic acids is 1. The highest BCUT2D eigenvalue weighted by Crippen LogP contribution is 2.49. The molecule has 8 aliphatic rings. The fourth-order valence-electron chi connectivity index (χ4n) is 12.4. The summed E-state index contributed by atoms with van der Waals surface area (Å²) in [5.74, 6) is -2.43. The molecule has 5 saturated heterocycles. The maximum atomic E-state index is 14.6. The molecule has 6 aliphatic heterocycles. The Morgan fingerprint density at radius 3 is 2.21 bits per heavy atom. The number of aliphatic hydroxyl groups is 3. The van der Waals surface area contributed by atoms with Gasteiger partial charge in [0.25, 0.3) is 0 Å². The zero-order chi connectivity index (χ0) is 47.1. The number of allylic oxidation sites excluding steroid dienone is 2. The fourth-order valence-corrected chi connectivity index (χ4v) is 12.4. The van der Waals surface area contributed by atoms with Gasteiger partial charge in [-0.15, -0.1) is 0 Å². The van der Waals surface area contributed by atoms with Crippen LogP contribution in [0.1, 0.15) is 112 Å². The molecule has 0 aromatic rings. The van der Waals surface area contributed by atoms with E-state index in [1.807, 2.05) is 19.1 Å². The first-order chi connectivity index (χ1) is 31.6. The lowest BCUT2D eigenvalue weighted by molar-refractivity contribution is -0.357. The van der Waals surface area contributed by atoms with Crippen LogP contribution in [-0.2, 0) is 56.9 Å². The standard InChI is InChI=1S/C51H78O15/c1-27-14-13-17-34-26-59-48-43(52)29(3)20-37(51(34,48)55)49(54)62-36-21-35(65-50(24-36)25-40(58-9)30(4)46(66-50)33-15-11-10-12-16-33)19-18-28(2)45(27)63-42-23-39(57-8)47(32(6)61-42)64-41-22-38(56-7)44(53)31(5)60-41/h13-14,17-18,20,27,30-33,35-48,52-53,55H,10-12,15-16,19,21-26H2,1-9H3/b14-13-,28-18-,34-17?/t27-,30-,31-,32-,35+,36-,37-,38-,39-,40-,41-,42-,43+,44-,45-,46-,47-,48+,50-,51+/m0/s1. The van der Waals surface area contributed by atoms with Gasteiger partial charge < -0.3 is 67.4 Å². The summed E-state index contributed by atoms with van der Waals surface area (Å²) in [5, 5.41) is 34.5. The van der Waals surface area contributed by atoms with Gasteiger partial charge in [-0.3, -0.25) is 4.79 Å². The van der Waals surface area contributed by atoms with Gasteiger partial charge in [-0.25, -0.2) is 0 Å². The third-order valence-corrected chi connectivity index (χ3v) is 16.2. The van der Waals surface area contributed by atoms with E-state index in [1.165, 1.54) is 19.3 Å². The molecule has 1 saturated carbocycles. The Kier molecular flexibility index (Phi) is 16.1. The van der Waals surface area contributed by atoms with Crippen LogP contribution >= 0.6 is 0 Å². The van der Waals surface area contributed by atoms with Gasteiger partial charge >= 0.3 is 5.97 Å². The van der Waals surface area contributed by atoms with Gasteiger partial charge in [0.05, 0.1) is 55.4 Å². The molecule has 6 heterocycles. The van der Waals surface area contributed by atoms with E-state index in [0.717, 1.165) is 18.4 Å². The molecule has 0 aromatic heterocycles. The van der Waals surface area contributed by atoms with Crippen molar-refractivity contribution in [1.29, 1.82) is 0 Å². The normalized spacial score (nSPS) is 48.7. The first-order valence-electron chi connectivity index (χ1n) is 24.8. The highest BCUT2D eigenvalue weighted by molar-refractivity contribution is 5.78. The number of hydrogen-bond acceptors (Lipinski definition) is 15. The SMILES string of the molecule is CO[C@H]1C[C@]2(C[C@@H]3C[C@@H](C/C=C(/C)[C@@H](O[C@H]4C[C@H](OC)[C@@H](O[C@H]5C[C@H](OC)[C@@H](O)[C@H](C)O5)[C@H](C)O4)[C@@H](C)/C=C\C=C4CO[C@@H]5[C@H](O)C(C)=C[C@@H](C(=O)O3)[C@]45O)O2)O[C@H](C2CCCCC2)[C@H]1C. The van der Waals surface area contributed by atoms with Gasteiger partial charge in [-0.1, -0.05) is 63.5 Å². The highest BCUT2D eigenvalue weighted by atomic mass is 16.7. The number of ether oxygens (including phenoxy) is 11. The summed E-state index contributed by atoms with van der Waals surface area (Å²) in [6.45, 7) is 11.9. The summed E-state index contributed by atoms with van der Waals surface area (Å²) in [5.41, 5.74) is 0.139. The van der Waals surface area contributed by atoms with E-state index < -0.39 is 90.8 Å². The molecular formula is C51H78O15. The van der Waals surface area contributed by atoms with Crippen LogP contribution in [0.25, 0.3) is 0 Å². The van der Waals surface area contributed by atoms with Crippen molar-refractivity contribution in [2.24, 2.45) is 23.7 Å². The van der Waals surface area contributed by atoms with Crippen molar-refractivity contribution in [3.63, 3.8) is 0 Å². The van der Waals surface area contributed by atoms with Crippen LogP contribution in [0, 0.1) is 23.7 Å². The van der Waals surface area contributed by atoms with Crippen LogP contribution in [-0.4, -0.2) is 153 Å². The molecule has 0 aromatic carbocycles. The van der Waals surface area contributed by atoms with Crippen LogP contribution < -0.4 is 0 Å². The van der Waals surface area contributed by atoms with Crippen molar-refractivity contribution in [1.82, 2.24) is 0 Å². The number of carbonyl (C=O) groups is 1. The Labute approximate surface area is 391 Å². The van der Waals surface area contributed by atoms with E-state index in [-0.39, 0.29) is 42.9 Å². The van der Waals surface area contributed by atoms with Crippen LogP contribution in [0.3, 0.4) is 0 Å². The van der Waals surface area contributed by atoms with E-state index in [2.05, 4.69) is 26.8 Å². The second-order valence-corrected chi connectivity index (χ2v) is 20.7. The predicted octanol–water partition coefficient (Wildman–Crippen LogP) is 5.76. The molecule has 8 rings (SSSR count). The molecule has 6 fully saturated rings. The average Bonchev–Trinajstić information content (AvgIpc) is 3.64. The molecule has 66 heavy (non-hydrogen) atoms. The molecule has 15 heteroatoms. The third kappa shape index (κ3) is 10.2. The van der Waals surface area contributed by atoms with Gasteiger partial charge in [0, 0.05) is 65.3 Å². The van der Waals surface area contributed by atoms with E-state index in [0.29, 0.717) is 55.6 Å². The molecule has 15 nitrogen and oxygen atoms in total. The first-order valence-corrected chi connectivity index (χ1v) is 24.8. The molecule has 0 radical (unpaired) electrons. The third-order valence-electron chi connectivity index (χ3n) is 16.2. The maximum Gasteiger partial charge on any atom is 0.316 e. The molecule has 372 valence electrons. The zero-order valence-corrected chi connectivity index (χ0v) is 40.6. The van der Waals surface area contributed by atoms with Crippen molar-refractivity contribution < 1.29 is 72.2 Å². The largest absolute Gasteiger partial charge is 0.462 e. The molecular weight excluding hydrogens is 853 g/mol. The monoisotopic (exact) mass is 931 g/mol.